The van der Waals surface area contributed by atoms with E-state index in [-0.39, 0.29) is 35.2 Å². The SMILES string of the molecule is C[C@@H]1CN(C(=O)c2cccc(Oc3cc(C#N)cc(C(F)(F)F)n3)c2)C[C@H]1O. The van der Waals surface area contributed by atoms with E-state index in [0.29, 0.717) is 12.6 Å². The Morgan fingerprint density at radius 1 is 1.32 bits per heavy atom. The first kappa shape index (κ1) is 19.6. The van der Waals surface area contributed by atoms with Crippen molar-refractivity contribution in [1.29, 1.82) is 5.26 Å². The highest BCUT2D eigenvalue weighted by molar-refractivity contribution is 5.94. The van der Waals surface area contributed by atoms with Gasteiger partial charge in [-0.3, -0.25) is 4.79 Å². The van der Waals surface area contributed by atoms with Crippen LogP contribution in [0, 0.1) is 17.2 Å². The Hall–Kier alpha value is -3.12. The predicted molar refractivity (Wildman–Crippen MR) is 91.5 cm³/mol. The Labute approximate surface area is 158 Å². The zero-order valence-electron chi connectivity index (χ0n) is 14.8. The van der Waals surface area contributed by atoms with E-state index in [1.165, 1.54) is 23.1 Å². The number of hydrogen-bond acceptors (Lipinski definition) is 5. The number of rotatable bonds is 3. The molecule has 1 aromatic heterocycles. The van der Waals surface area contributed by atoms with Gasteiger partial charge in [0.05, 0.1) is 17.7 Å². The molecule has 1 aromatic carbocycles. The normalized spacial score (nSPS) is 19.4. The van der Waals surface area contributed by atoms with Crippen LogP contribution in [0.1, 0.15) is 28.5 Å². The first-order valence-electron chi connectivity index (χ1n) is 8.42. The number of benzene rings is 1. The van der Waals surface area contributed by atoms with Crippen molar-refractivity contribution in [3.63, 3.8) is 0 Å². The van der Waals surface area contributed by atoms with Crippen LogP contribution < -0.4 is 4.74 Å². The molecule has 1 N–H and O–H groups in total. The molecule has 146 valence electrons. The maximum absolute atomic E-state index is 12.9. The molecule has 0 unspecified atom stereocenters. The second-order valence-electron chi connectivity index (χ2n) is 6.57. The summed E-state index contributed by atoms with van der Waals surface area (Å²) in [6.07, 6.45) is -5.32. The van der Waals surface area contributed by atoms with Crippen molar-refractivity contribution in [3.8, 4) is 17.7 Å². The van der Waals surface area contributed by atoms with E-state index in [1.807, 2.05) is 6.92 Å². The molecule has 0 spiro atoms. The second kappa shape index (κ2) is 7.48. The van der Waals surface area contributed by atoms with Gasteiger partial charge in [0.1, 0.15) is 11.4 Å². The van der Waals surface area contributed by atoms with E-state index in [1.54, 1.807) is 12.1 Å². The summed E-state index contributed by atoms with van der Waals surface area (Å²) in [5.41, 5.74) is -1.22. The number of carbonyl (C=O) groups is 1. The Balaban J connectivity index is 1.84. The number of ether oxygens (including phenoxy) is 1. The average molecular weight is 391 g/mol. The minimum atomic E-state index is -4.73. The number of nitriles is 1. The predicted octanol–water partition coefficient (Wildman–Crippen LogP) is 3.22. The van der Waals surface area contributed by atoms with E-state index in [4.69, 9.17) is 10.00 Å². The third-order valence-electron chi connectivity index (χ3n) is 4.38. The number of nitrogens with zero attached hydrogens (tertiary/aromatic N) is 3. The van der Waals surface area contributed by atoms with Crippen molar-refractivity contribution in [2.75, 3.05) is 13.1 Å². The van der Waals surface area contributed by atoms with Crippen LogP contribution in [0.4, 0.5) is 13.2 Å². The number of aliphatic hydroxyl groups is 1. The number of aliphatic hydroxyl groups excluding tert-OH is 1. The highest BCUT2D eigenvalue weighted by atomic mass is 19.4. The number of hydrogen-bond donors (Lipinski definition) is 1. The van der Waals surface area contributed by atoms with Crippen molar-refractivity contribution in [2.24, 2.45) is 5.92 Å². The van der Waals surface area contributed by atoms with Gasteiger partial charge in [-0.15, -0.1) is 0 Å². The number of aromatic nitrogens is 1. The molecule has 2 aromatic rings. The third kappa shape index (κ3) is 4.23. The fourth-order valence-corrected chi connectivity index (χ4v) is 2.88. The van der Waals surface area contributed by atoms with E-state index >= 15 is 0 Å². The van der Waals surface area contributed by atoms with Crippen LogP contribution in [0.2, 0.25) is 0 Å². The highest BCUT2D eigenvalue weighted by Crippen LogP contribution is 2.31. The van der Waals surface area contributed by atoms with Gasteiger partial charge in [0, 0.05) is 30.6 Å². The van der Waals surface area contributed by atoms with Crippen LogP contribution in [-0.4, -0.2) is 40.1 Å². The number of pyridine rings is 1. The molecule has 0 aliphatic carbocycles. The Kier molecular flexibility index (Phi) is 5.25. The van der Waals surface area contributed by atoms with Crippen molar-refractivity contribution in [1.82, 2.24) is 9.88 Å². The summed E-state index contributed by atoms with van der Waals surface area (Å²) in [5, 5.41) is 18.7. The fraction of sp³-hybridized carbons (Fsp3) is 0.316. The first-order valence-corrected chi connectivity index (χ1v) is 8.42. The minimum Gasteiger partial charge on any atom is -0.439 e. The monoisotopic (exact) mass is 391 g/mol. The number of likely N-dealkylation sites (tertiary alicyclic amines) is 1. The molecule has 3 rings (SSSR count). The maximum Gasteiger partial charge on any atom is 0.433 e. The number of β-amino-alcohol motifs (C(OH)–C–C–N with tert-alkyl or cyclic N) is 1. The number of amides is 1. The average Bonchev–Trinajstić information content (AvgIpc) is 2.99. The molecule has 0 bridgehead atoms. The summed E-state index contributed by atoms with van der Waals surface area (Å²) < 4.78 is 44.2. The summed E-state index contributed by atoms with van der Waals surface area (Å²) in [7, 11) is 0. The van der Waals surface area contributed by atoms with E-state index in [2.05, 4.69) is 4.98 Å². The van der Waals surface area contributed by atoms with Gasteiger partial charge in [-0.05, 0) is 24.3 Å². The van der Waals surface area contributed by atoms with E-state index in [9.17, 15) is 23.1 Å². The van der Waals surface area contributed by atoms with Gasteiger partial charge in [0.25, 0.3) is 5.91 Å². The summed E-state index contributed by atoms with van der Waals surface area (Å²) in [5.74, 6) is -0.652. The molecule has 2 heterocycles. The molecule has 0 radical (unpaired) electrons. The minimum absolute atomic E-state index is 0.0397. The summed E-state index contributed by atoms with van der Waals surface area (Å²) in [6.45, 7) is 2.46. The van der Waals surface area contributed by atoms with E-state index in [0.717, 1.165) is 6.07 Å². The lowest BCUT2D eigenvalue weighted by molar-refractivity contribution is -0.141. The van der Waals surface area contributed by atoms with Gasteiger partial charge in [0.2, 0.25) is 5.88 Å². The Morgan fingerprint density at radius 2 is 2.07 bits per heavy atom. The molecule has 0 saturated carbocycles. The molecule has 1 fully saturated rings. The van der Waals surface area contributed by atoms with E-state index < -0.39 is 23.9 Å². The molecule has 28 heavy (non-hydrogen) atoms. The van der Waals surface area contributed by atoms with Gasteiger partial charge in [-0.25, -0.2) is 4.98 Å². The quantitative estimate of drug-likeness (QED) is 0.868. The molecule has 6 nitrogen and oxygen atoms in total. The molecule has 2 atom stereocenters. The van der Waals surface area contributed by atoms with Gasteiger partial charge in [-0.1, -0.05) is 13.0 Å². The maximum atomic E-state index is 12.9. The smallest absolute Gasteiger partial charge is 0.433 e. The fourth-order valence-electron chi connectivity index (χ4n) is 2.88. The van der Waals surface area contributed by atoms with Crippen LogP contribution in [0.15, 0.2) is 36.4 Å². The van der Waals surface area contributed by atoms with Crippen molar-refractivity contribution >= 4 is 5.91 Å². The summed E-state index contributed by atoms with van der Waals surface area (Å²) in [4.78, 5) is 17.5. The number of halogens is 3. The summed E-state index contributed by atoms with van der Waals surface area (Å²) >= 11 is 0. The molecule has 1 saturated heterocycles. The zero-order chi connectivity index (χ0) is 20.5. The molecule has 1 amide bonds. The van der Waals surface area contributed by atoms with Crippen LogP contribution in [0.25, 0.3) is 0 Å². The number of carbonyl (C=O) groups excluding carboxylic acids is 1. The van der Waals surface area contributed by atoms with Crippen molar-refractivity contribution < 1.29 is 27.8 Å². The molecule has 9 heteroatoms. The lowest BCUT2D eigenvalue weighted by Gasteiger charge is -2.16. The first-order chi connectivity index (χ1) is 13.2. The largest absolute Gasteiger partial charge is 0.439 e. The zero-order valence-corrected chi connectivity index (χ0v) is 14.8. The lowest BCUT2D eigenvalue weighted by atomic mass is 10.1. The van der Waals surface area contributed by atoms with Crippen LogP contribution in [0.5, 0.6) is 11.6 Å². The molecular formula is C19H16F3N3O3. The third-order valence-corrected chi connectivity index (χ3v) is 4.38. The van der Waals surface area contributed by atoms with Gasteiger partial charge in [0.15, 0.2) is 0 Å². The van der Waals surface area contributed by atoms with Crippen molar-refractivity contribution in [3.05, 3.63) is 53.2 Å². The lowest BCUT2D eigenvalue weighted by Crippen LogP contribution is -2.29. The standard InChI is InChI=1S/C19H16F3N3O3/c1-11-9-25(10-15(11)26)18(27)13-3-2-4-14(7-13)28-17-6-12(8-23)5-16(24-17)19(20,21)22/h2-7,11,15,26H,9-10H2,1H3/t11-,15-/m1/s1. The van der Waals surface area contributed by atoms with Crippen LogP contribution in [0.3, 0.4) is 0 Å². The highest BCUT2D eigenvalue weighted by Gasteiger charge is 2.34. The Bertz CT molecular complexity index is 930. The van der Waals surface area contributed by atoms with Gasteiger partial charge in [-0.2, -0.15) is 18.4 Å². The van der Waals surface area contributed by atoms with Crippen molar-refractivity contribution in [2.45, 2.75) is 19.2 Å². The van der Waals surface area contributed by atoms with Gasteiger partial charge < -0.3 is 14.7 Å². The van der Waals surface area contributed by atoms with Gasteiger partial charge >= 0.3 is 6.18 Å². The second-order valence-corrected chi connectivity index (χ2v) is 6.57. The number of alkyl halides is 3. The topological polar surface area (TPSA) is 86.5 Å². The molecule has 1 aliphatic heterocycles. The summed E-state index contributed by atoms with van der Waals surface area (Å²) in [6, 6.07) is 9.27. The van der Waals surface area contributed by atoms with Crippen LogP contribution >= 0.6 is 0 Å². The molecular weight excluding hydrogens is 375 g/mol. The Morgan fingerprint density at radius 3 is 2.68 bits per heavy atom. The molecule has 1 aliphatic rings. The van der Waals surface area contributed by atoms with Crippen LogP contribution in [-0.2, 0) is 6.18 Å².